The number of carbonyl (C=O) groups excluding carboxylic acids is 4. The van der Waals surface area contributed by atoms with Crippen molar-refractivity contribution >= 4 is 41.0 Å². The first-order chi connectivity index (χ1) is 19.9. The summed E-state index contributed by atoms with van der Waals surface area (Å²) >= 11 is 0.751. The van der Waals surface area contributed by atoms with Gasteiger partial charge in [0.05, 0.1) is 18.3 Å². The van der Waals surface area contributed by atoms with Gasteiger partial charge in [-0.3, -0.25) is 24.5 Å². The van der Waals surface area contributed by atoms with Gasteiger partial charge in [0.25, 0.3) is 11.1 Å². The van der Waals surface area contributed by atoms with Crippen molar-refractivity contribution < 1.29 is 23.9 Å². The number of amides is 3. The third-order valence-corrected chi connectivity index (χ3v) is 6.79. The zero-order chi connectivity index (χ0) is 28.8. The van der Waals surface area contributed by atoms with Crippen LogP contribution in [0.5, 0.6) is 5.75 Å². The largest absolute Gasteiger partial charge is 0.426 e. The average molecular weight is 571 g/mol. The molecule has 0 unspecified atom stereocenters. The normalized spacial score (nSPS) is 14.7. The van der Waals surface area contributed by atoms with E-state index in [4.69, 9.17) is 4.74 Å². The van der Waals surface area contributed by atoms with E-state index in [1.807, 2.05) is 48.5 Å². The molecule has 1 aliphatic heterocycles. The number of thioether (sulfide) groups is 1. The number of imide groups is 1. The molecule has 41 heavy (non-hydrogen) atoms. The Balaban J connectivity index is 1.20. The monoisotopic (exact) mass is 570 g/mol. The van der Waals surface area contributed by atoms with E-state index in [0.29, 0.717) is 17.1 Å². The van der Waals surface area contributed by atoms with E-state index in [1.165, 1.54) is 22.9 Å². The second kappa shape index (κ2) is 12.3. The molecular weight excluding hydrogens is 548 g/mol. The number of nitrogens with zero attached hydrogens (tertiary/aromatic N) is 4. The highest BCUT2D eigenvalue weighted by molar-refractivity contribution is 8.15. The Labute approximate surface area is 237 Å². The molecule has 4 aromatic rings. The summed E-state index contributed by atoms with van der Waals surface area (Å²) in [5.74, 6) is -1.08. The van der Waals surface area contributed by atoms with Gasteiger partial charge in [-0.2, -0.15) is 5.10 Å². The summed E-state index contributed by atoms with van der Waals surface area (Å²) in [6, 6.07) is 24.5. The van der Waals surface area contributed by atoms with E-state index in [0.717, 1.165) is 22.0 Å². The van der Waals surface area contributed by atoms with E-state index in [-0.39, 0.29) is 18.7 Å². The van der Waals surface area contributed by atoms with E-state index >= 15 is 0 Å². The molecule has 0 radical (unpaired) electrons. The van der Waals surface area contributed by atoms with Crippen LogP contribution in [0.15, 0.2) is 94.8 Å². The molecule has 3 aromatic carbocycles. The lowest BCUT2D eigenvalue weighted by Crippen LogP contribution is -2.31. The molecule has 0 saturated carbocycles. The van der Waals surface area contributed by atoms with Crippen molar-refractivity contribution in [3.8, 4) is 22.8 Å². The van der Waals surface area contributed by atoms with Crippen molar-refractivity contribution in [2.75, 3.05) is 0 Å². The number of hydrazone groups is 1. The predicted molar refractivity (Wildman–Crippen MR) is 151 cm³/mol. The minimum Gasteiger partial charge on any atom is -0.426 e. The third kappa shape index (κ3) is 6.65. The van der Waals surface area contributed by atoms with E-state index in [1.54, 1.807) is 24.3 Å². The predicted octanol–water partition coefficient (Wildman–Crippen LogP) is 2.50. The van der Waals surface area contributed by atoms with Gasteiger partial charge < -0.3 is 4.74 Å². The molecular formula is C28H22N6O6S. The maximum Gasteiger partial charge on any atom is 0.351 e. The third-order valence-electron chi connectivity index (χ3n) is 5.81. The van der Waals surface area contributed by atoms with Crippen LogP contribution in [0.4, 0.5) is 4.79 Å². The van der Waals surface area contributed by atoms with Crippen molar-refractivity contribution in [1.29, 1.82) is 0 Å². The van der Waals surface area contributed by atoms with Gasteiger partial charge in [-0.05, 0) is 42.0 Å². The van der Waals surface area contributed by atoms with E-state index in [2.05, 4.69) is 20.9 Å². The van der Waals surface area contributed by atoms with Gasteiger partial charge in [0, 0.05) is 5.56 Å². The number of para-hydroxylation sites is 1. The molecule has 1 fully saturated rings. The van der Waals surface area contributed by atoms with Crippen LogP contribution in [0.3, 0.4) is 0 Å². The Hall–Kier alpha value is -5.30. The lowest BCUT2D eigenvalue weighted by molar-refractivity contribution is -0.135. The smallest absolute Gasteiger partial charge is 0.351 e. The van der Waals surface area contributed by atoms with E-state index < -0.39 is 34.0 Å². The first-order valence-corrected chi connectivity index (χ1v) is 13.2. The quantitative estimate of drug-likeness (QED) is 0.135. The molecule has 1 atom stereocenters. The zero-order valence-corrected chi connectivity index (χ0v) is 22.1. The fourth-order valence-electron chi connectivity index (χ4n) is 3.92. The van der Waals surface area contributed by atoms with Crippen molar-refractivity contribution in [3.63, 3.8) is 0 Å². The molecule has 0 spiro atoms. The molecule has 2 heterocycles. The van der Waals surface area contributed by atoms with E-state index in [9.17, 15) is 24.0 Å². The summed E-state index contributed by atoms with van der Waals surface area (Å²) in [6.07, 6.45) is 1.15. The summed E-state index contributed by atoms with van der Waals surface area (Å²) in [4.78, 5) is 60.7. The number of carbonyl (C=O) groups is 4. The minimum atomic E-state index is -0.807. The summed E-state index contributed by atoms with van der Waals surface area (Å²) in [5.41, 5.74) is 3.84. The fourth-order valence-corrected chi connectivity index (χ4v) is 4.72. The SMILES string of the molecule is O=C(Cn1nc(-c2ccccc2)n(-c2ccccc2)c1=O)N/N=C/c1ccc(OC(=O)C[C@H]2SC(=O)NC2=O)cc1. The van der Waals surface area contributed by atoms with Gasteiger partial charge in [-0.15, -0.1) is 5.10 Å². The molecule has 1 aromatic heterocycles. The van der Waals surface area contributed by atoms with Crippen molar-refractivity contribution in [2.45, 2.75) is 18.2 Å². The molecule has 1 saturated heterocycles. The van der Waals surface area contributed by atoms with Crippen LogP contribution in [0.1, 0.15) is 12.0 Å². The first-order valence-electron chi connectivity index (χ1n) is 12.3. The van der Waals surface area contributed by atoms with Crippen LogP contribution in [-0.2, 0) is 20.9 Å². The zero-order valence-electron chi connectivity index (χ0n) is 21.3. The Morgan fingerprint density at radius 2 is 1.66 bits per heavy atom. The summed E-state index contributed by atoms with van der Waals surface area (Å²) in [5, 5.41) is 9.15. The number of ether oxygens (including phenoxy) is 1. The topological polar surface area (TPSA) is 154 Å². The molecule has 5 rings (SSSR count). The Kier molecular flexibility index (Phi) is 8.15. The van der Waals surface area contributed by atoms with Gasteiger partial charge in [0.1, 0.15) is 17.5 Å². The molecule has 1 aliphatic rings. The number of hydrogen-bond donors (Lipinski definition) is 2. The Morgan fingerprint density at radius 3 is 2.32 bits per heavy atom. The summed E-state index contributed by atoms with van der Waals surface area (Å²) in [7, 11) is 0. The standard InChI is InChI=1S/C28H22N6O6S/c35-23(17-33-28(39)34(20-9-5-2-6-10-20)25(32-33)19-7-3-1-4-8-19)31-29-16-18-11-13-21(14-12-18)40-24(36)15-22-26(37)30-27(38)41-22/h1-14,16,22H,15,17H2,(H,31,35)(H,30,37,38)/b29-16+/t22-/m1/s1. The first kappa shape index (κ1) is 27.3. The molecule has 0 aliphatic carbocycles. The molecule has 2 N–H and O–H groups in total. The van der Waals surface area contributed by atoms with Crippen LogP contribution in [0.25, 0.3) is 17.1 Å². The molecule has 0 bridgehead atoms. The summed E-state index contributed by atoms with van der Waals surface area (Å²) < 4.78 is 7.73. The number of esters is 1. The molecule has 13 heteroatoms. The number of hydrogen-bond acceptors (Lipinski definition) is 9. The highest BCUT2D eigenvalue weighted by Crippen LogP contribution is 2.23. The number of aromatic nitrogens is 3. The number of nitrogens with one attached hydrogen (secondary N) is 2. The van der Waals surface area contributed by atoms with Crippen molar-refractivity contribution in [2.24, 2.45) is 5.10 Å². The van der Waals surface area contributed by atoms with Crippen LogP contribution in [-0.4, -0.2) is 48.8 Å². The fraction of sp³-hybridized carbons (Fsp3) is 0.107. The lowest BCUT2D eigenvalue weighted by atomic mass is 10.2. The van der Waals surface area contributed by atoms with Crippen LogP contribution < -0.4 is 21.2 Å². The van der Waals surface area contributed by atoms with Crippen molar-refractivity contribution in [3.05, 3.63) is 101 Å². The second-order valence-electron chi connectivity index (χ2n) is 8.72. The van der Waals surface area contributed by atoms with Gasteiger partial charge in [-0.25, -0.2) is 19.5 Å². The van der Waals surface area contributed by atoms with Crippen LogP contribution in [0, 0.1) is 0 Å². The molecule has 3 amide bonds. The average Bonchev–Trinajstić information content (AvgIpc) is 3.47. The lowest BCUT2D eigenvalue weighted by Gasteiger charge is -2.06. The maximum atomic E-state index is 13.2. The number of rotatable bonds is 9. The van der Waals surface area contributed by atoms with Crippen LogP contribution >= 0.6 is 11.8 Å². The minimum absolute atomic E-state index is 0.239. The Morgan fingerprint density at radius 1 is 0.976 bits per heavy atom. The van der Waals surface area contributed by atoms with Gasteiger partial charge in [-0.1, -0.05) is 60.3 Å². The highest BCUT2D eigenvalue weighted by atomic mass is 32.2. The number of benzene rings is 3. The highest BCUT2D eigenvalue weighted by Gasteiger charge is 2.33. The molecule has 12 nitrogen and oxygen atoms in total. The van der Waals surface area contributed by atoms with Gasteiger partial charge in [0.15, 0.2) is 5.82 Å². The van der Waals surface area contributed by atoms with Gasteiger partial charge in [0.2, 0.25) is 5.91 Å². The second-order valence-corrected chi connectivity index (χ2v) is 9.90. The van der Waals surface area contributed by atoms with Gasteiger partial charge >= 0.3 is 11.7 Å². The molecule has 206 valence electrons. The maximum absolute atomic E-state index is 13.2. The summed E-state index contributed by atoms with van der Waals surface area (Å²) in [6.45, 7) is -0.354. The van der Waals surface area contributed by atoms with Crippen LogP contribution in [0.2, 0.25) is 0 Å². The Bertz CT molecular complexity index is 1680. The van der Waals surface area contributed by atoms with Crippen molar-refractivity contribution in [1.82, 2.24) is 25.1 Å².